The Balaban J connectivity index is 3.22. The fourth-order valence-corrected chi connectivity index (χ4v) is 1.07. The summed E-state index contributed by atoms with van der Waals surface area (Å²) in [5.74, 6) is 0.190. The molecule has 0 saturated heterocycles. The topological polar surface area (TPSA) is 89.5 Å². The lowest BCUT2D eigenvalue weighted by Gasteiger charge is -2.15. The Kier molecular flexibility index (Phi) is 11.0. The molecule has 0 spiro atoms. The first kappa shape index (κ1) is 16.1. The largest absolute Gasteiger partial charge is 0.409 e. The van der Waals surface area contributed by atoms with E-state index in [-0.39, 0.29) is 5.84 Å². The van der Waals surface area contributed by atoms with Crippen LogP contribution in [-0.4, -0.2) is 76.2 Å². The fraction of sp³-hybridized carbons (Fsp3) is 0.900. The predicted octanol–water partition coefficient (Wildman–Crippen LogP) is -0.656. The molecule has 0 amide bonds. The molecule has 0 rings (SSSR count). The molecule has 0 heterocycles. The highest BCUT2D eigenvalue weighted by molar-refractivity contribution is 5.81. The van der Waals surface area contributed by atoms with Crippen LogP contribution in [0.15, 0.2) is 5.16 Å². The first-order chi connectivity index (χ1) is 8.20. The minimum Gasteiger partial charge on any atom is -0.409 e. The van der Waals surface area contributed by atoms with Crippen molar-refractivity contribution in [2.45, 2.75) is 0 Å². The minimum absolute atomic E-state index is 0.190. The summed E-state index contributed by atoms with van der Waals surface area (Å²) >= 11 is 0. The zero-order valence-electron chi connectivity index (χ0n) is 10.6. The lowest BCUT2D eigenvalue weighted by atomic mass is 10.5. The van der Waals surface area contributed by atoms with Gasteiger partial charge >= 0.3 is 0 Å². The van der Waals surface area contributed by atoms with Crippen molar-refractivity contribution in [3.8, 4) is 0 Å². The van der Waals surface area contributed by atoms with Crippen molar-refractivity contribution in [2.24, 2.45) is 10.9 Å². The average Bonchev–Trinajstić information content (AvgIpc) is 2.32. The molecule has 0 aromatic heterocycles. The number of amidine groups is 1. The monoisotopic (exact) mass is 249 g/mol. The molecular formula is C10H23N3O4. The number of methoxy groups -OCH3 is 1. The molecular weight excluding hydrogens is 226 g/mol. The van der Waals surface area contributed by atoms with Crippen molar-refractivity contribution in [3.05, 3.63) is 0 Å². The molecule has 0 unspecified atom stereocenters. The summed E-state index contributed by atoms with van der Waals surface area (Å²) in [7, 11) is 3.51. The Morgan fingerprint density at radius 2 is 1.76 bits per heavy atom. The van der Waals surface area contributed by atoms with Crippen LogP contribution in [0.4, 0.5) is 0 Å². The van der Waals surface area contributed by atoms with Gasteiger partial charge in [-0.2, -0.15) is 0 Å². The molecule has 0 aromatic rings. The maximum atomic E-state index is 8.37. The zero-order chi connectivity index (χ0) is 12.9. The van der Waals surface area contributed by atoms with Crippen LogP contribution >= 0.6 is 0 Å². The van der Waals surface area contributed by atoms with Gasteiger partial charge in [0.15, 0.2) is 5.84 Å². The normalized spacial score (nSPS) is 12.3. The van der Waals surface area contributed by atoms with Crippen LogP contribution in [0.3, 0.4) is 0 Å². The Bertz CT molecular complexity index is 202. The van der Waals surface area contributed by atoms with Crippen molar-refractivity contribution in [1.82, 2.24) is 4.90 Å². The SMILES string of the molecule is COCCOCCOCCN(C)CC(N)=NO. The summed E-state index contributed by atoms with van der Waals surface area (Å²) in [5, 5.41) is 11.3. The Labute approximate surface area is 102 Å². The Morgan fingerprint density at radius 3 is 2.35 bits per heavy atom. The number of likely N-dealkylation sites (N-methyl/N-ethyl adjacent to an activating group) is 1. The standard InChI is InChI=1S/C10H23N3O4/c1-13(9-10(11)12-14)3-4-16-7-8-17-6-5-15-2/h14H,3-9H2,1-2H3,(H2,11,12). The van der Waals surface area contributed by atoms with Crippen molar-refractivity contribution < 1.29 is 19.4 Å². The molecule has 0 radical (unpaired) electrons. The van der Waals surface area contributed by atoms with Gasteiger partial charge in [0.25, 0.3) is 0 Å². The van der Waals surface area contributed by atoms with Crippen molar-refractivity contribution in [1.29, 1.82) is 0 Å². The first-order valence-corrected chi connectivity index (χ1v) is 5.50. The predicted molar refractivity (Wildman–Crippen MR) is 64.4 cm³/mol. The van der Waals surface area contributed by atoms with Crippen LogP contribution < -0.4 is 5.73 Å². The summed E-state index contributed by atoms with van der Waals surface area (Å²) in [4.78, 5) is 1.90. The van der Waals surface area contributed by atoms with Crippen LogP contribution in [-0.2, 0) is 14.2 Å². The third-order valence-electron chi connectivity index (χ3n) is 1.98. The van der Waals surface area contributed by atoms with Gasteiger partial charge in [0, 0.05) is 13.7 Å². The number of hydrogen-bond acceptors (Lipinski definition) is 6. The zero-order valence-corrected chi connectivity index (χ0v) is 10.6. The van der Waals surface area contributed by atoms with E-state index >= 15 is 0 Å². The molecule has 0 aliphatic heterocycles. The second-order valence-corrected chi connectivity index (χ2v) is 3.55. The van der Waals surface area contributed by atoms with Crippen LogP contribution in [0.1, 0.15) is 0 Å². The molecule has 7 heteroatoms. The van der Waals surface area contributed by atoms with Crippen molar-refractivity contribution in [2.75, 3.05) is 60.3 Å². The number of hydrogen-bond donors (Lipinski definition) is 2. The van der Waals surface area contributed by atoms with E-state index in [1.807, 2.05) is 11.9 Å². The maximum Gasteiger partial charge on any atom is 0.153 e. The van der Waals surface area contributed by atoms with Gasteiger partial charge in [-0.1, -0.05) is 5.16 Å². The van der Waals surface area contributed by atoms with E-state index in [4.69, 9.17) is 25.2 Å². The summed E-state index contributed by atoms with van der Waals surface area (Å²) in [6.07, 6.45) is 0. The van der Waals surface area contributed by atoms with E-state index in [2.05, 4.69) is 5.16 Å². The third kappa shape index (κ3) is 11.4. The molecule has 0 aliphatic rings. The maximum absolute atomic E-state index is 8.37. The molecule has 0 bridgehead atoms. The van der Waals surface area contributed by atoms with Gasteiger partial charge in [0.1, 0.15) is 0 Å². The second kappa shape index (κ2) is 11.6. The summed E-state index contributed by atoms with van der Waals surface area (Å²) in [5.41, 5.74) is 5.36. The van der Waals surface area contributed by atoms with Gasteiger partial charge in [-0.3, -0.25) is 4.90 Å². The van der Waals surface area contributed by atoms with Gasteiger partial charge in [-0.25, -0.2) is 0 Å². The van der Waals surface area contributed by atoms with E-state index in [1.165, 1.54) is 0 Å². The van der Waals surface area contributed by atoms with Gasteiger partial charge in [0.05, 0.1) is 39.6 Å². The van der Waals surface area contributed by atoms with E-state index in [9.17, 15) is 0 Å². The second-order valence-electron chi connectivity index (χ2n) is 3.55. The molecule has 3 N–H and O–H groups in total. The summed E-state index contributed by atoms with van der Waals surface area (Å²) < 4.78 is 15.4. The molecule has 0 aliphatic carbocycles. The molecule has 102 valence electrons. The Morgan fingerprint density at radius 1 is 1.18 bits per heavy atom. The van der Waals surface area contributed by atoms with E-state index < -0.39 is 0 Å². The lowest BCUT2D eigenvalue weighted by molar-refractivity contribution is 0.0215. The number of rotatable bonds is 11. The third-order valence-corrected chi connectivity index (χ3v) is 1.98. The van der Waals surface area contributed by atoms with Crippen LogP contribution in [0.2, 0.25) is 0 Å². The van der Waals surface area contributed by atoms with Gasteiger partial charge in [-0.15, -0.1) is 0 Å². The van der Waals surface area contributed by atoms with Gasteiger partial charge in [0.2, 0.25) is 0 Å². The quantitative estimate of drug-likeness (QED) is 0.166. The number of nitrogens with two attached hydrogens (primary N) is 1. The summed E-state index contributed by atoms with van der Waals surface area (Å²) in [6, 6.07) is 0. The van der Waals surface area contributed by atoms with Gasteiger partial charge < -0.3 is 25.2 Å². The molecule has 7 nitrogen and oxygen atoms in total. The highest BCUT2D eigenvalue weighted by Gasteiger charge is 2.01. The highest BCUT2D eigenvalue weighted by atomic mass is 16.5. The van der Waals surface area contributed by atoms with Crippen molar-refractivity contribution in [3.63, 3.8) is 0 Å². The van der Waals surface area contributed by atoms with Gasteiger partial charge in [-0.05, 0) is 7.05 Å². The molecule has 0 atom stereocenters. The first-order valence-electron chi connectivity index (χ1n) is 5.50. The summed E-state index contributed by atoms with van der Waals surface area (Å²) in [6.45, 7) is 4.03. The fourth-order valence-electron chi connectivity index (χ4n) is 1.07. The van der Waals surface area contributed by atoms with Crippen LogP contribution in [0.5, 0.6) is 0 Å². The number of ether oxygens (including phenoxy) is 3. The van der Waals surface area contributed by atoms with E-state index in [0.717, 1.165) is 0 Å². The Hall–Kier alpha value is -0.890. The molecule has 0 fully saturated rings. The average molecular weight is 249 g/mol. The smallest absolute Gasteiger partial charge is 0.153 e. The number of oxime groups is 1. The van der Waals surface area contributed by atoms with E-state index in [1.54, 1.807) is 7.11 Å². The molecule has 0 saturated carbocycles. The molecule has 0 aromatic carbocycles. The van der Waals surface area contributed by atoms with Crippen molar-refractivity contribution >= 4 is 5.84 Å². The minimum atomic E-state index is 0.190. The van der Waals surface area contributed by atoms with Crippen LogP contribution in [0.25, 0.3) is 0 Å². The van der Waals surface area contributed by atoms with Crippen LogP contribution in [0, 0.1) is 0 Å². The number of nitrogens with zero attached hydrogens (tertiary/aromatic N) is 2. The highest BCUT2D eigenvalue weighted by Crippen LogP contribution is 1.85. The molecule has 17 heavy (non-hydrogen) atoms. The lowest BCUT2D eigenvalue weighted by Crippen LogP contribution is -2.33. The van der Waals surface area contributed by atoms with E-state index in [0.29, 0.717) is 46.1 Å².